The number of rotatable bonds is 7. The molecule has 0 fully saturated rings. The van der Waals surface area contributed by atoms with E-state index in [4.69, 9.17) is 9.26 Å². The van der Waals surface area contributed by atoms with E-state index in [0.29, 0.717) is 23.7 Å². The number of carbonyl (C=O) groups is 1. The van der Waals surface area contributed by atoms with Crippen molar-refractivity contribution in [2.45, 2.75) is 40.8 Å². The molecule has 0 saturated heterocycles. The van der Waals surface area contributed by atoms with Gasteiger partial charge in [-0.15, -0.1) is 0 Å². The van der Waals surface area contributed by atoms with Crippen LogP contribution in [0.15, 0.2) is 59.1 Å². The van der Waals surface area contributed by atoms with E-state index in [-0.39, 0.29) is 18.2 Å². The molecule has 0 aliphatic heterocycles. The molecule has 0 spiro atoms. The van der Waals surface area contributed by atoms with Crippen LogP contribution in [-0.4, -0.2) is 20.8 Å². The summed E-state index contributed by atoms with van der Waals surface area (Å²) in [6, 6.07) is 17.8. The molecule has 1 amide bonds. The maximum atomic E-state index is 12.9. The summed E-state index contributed by atoms with van der Waals surface area (Å²) < 4.78 is 13.2. The predicted molar refractivity (Wildman–Crippen MR) is 122 cm³/mol. The van der Waals surface area contributed by atoms with Crippen LogP contribution >= 0.6 is 0 Å². The molecule has 0 radical (unpaired) electrons. The lowest BCUT2D eigenvalue weighted by Gasteiger charge is -2.12. The molecular formula is C25H26N4O3. The number of nitrogens with zero attached hydrogens (tertiary/aromatic N) is 3. The minimum Gasteiger partial charge on any atom is -0.488 e. The van der Waals surface area contributed by atoms with Gasteiger partial charge in [0.05, 0.1) is 12.1 Å². The second kappa shape index (κ2) is 9.09. The van der Waals surface area contributed by atoms with Gasteiger partial charge < -0.3 is 14.6 Å². The van der Waals surface area contributed by atoms with Gasteiger partial charge in [0.2, 0.25) is 0 Å². The smallest absolute Gasteiger partial charge is 0.279 e. The molecule has 7 nitrogen and oxygen atoms in total. The first-order valence-corrected chi connectivity index (χ1v) is 10.5. The number of aromatic nitrogens is 3. The Bertz CT molecular complexity index is 1220. The summed E-state index contributed by atoms with van der Waals surface area (Å²) in [5, 5.41) is 11.3. The van der Waals surface area contributed by atoms with Crippen LogP contribution < -0.4 is 10.1 Å². The Labute approximate surface area is 187 Å². The van der Waals surface area contributed by atoms with E-state index in [1.165, 1.54) is 0 Å². The molecule has 0 atom stereocenters. The minimum atomic E-state index is -0.383. The van der Waals surface area contributed by atoms with Crippen LogP contribution in [0, 0.1) is 27.7 Å². The lowest BCUT2D eigenvalue weighted by atomic mass is 10.1. The van der Waals surface area contributed by atoms with Crippen molar-refractivity contribution in [3.8, 4) is 5.75 Å². The standard InChI is InChI=1S/C25H26N4O3/c1-16-9-8-10-17(2)24(16)31-15-21-19(4)32-28-23(21)25(30)26-22-13-18(3)29(27-22)14-20-11-6-5-7-12-20/h5-13H,14-15H2,1-4H3,(H,26,27,30). The number of anilines is 1. The van der Waals surface area contributed by atoms with Crippen LogP contribution in [0.2, 0.25) is 0 Å². The van der Waals surface area contributed by atoms with Gasteiger partial charge in [-0.3, -0.25) is 9.48 Å². The molecule has 7 heteroatoms. The van der Waals surface area contributed by atoms with Crippen LogP contribution in [0.4, 0.5) is 5.82 Å². The highest BCUT2D eigenvalue weighted by Crippen LogP contribution is 2.25. The Kier molecular flexibility index (Phi) is 6.07. The Balaban J connectivity index is 1.48. The molecule has 0 aliphatic rings. The van der Waals surface area contributed by atoms with E-state index < -0.39 is 0 Å². The first-order valence-electron chi connectivity index (χ1n) is 10.5. The zero-order chi connectivity index (χ0) is 22.7. The van der Waals surface area contributed by atoms with Crippen LogP contribution in [0.5, 0.6) is 5.75 Å². The van der Waals surface area contributed by atoms with Gasteiger partial charge in [-0.2, -0.15) is 5.10 Å². The molecule has 2 heterocycles. The van der Waals surface area contributed by atoms with Crippen molar-refractivity contribution in [1.82, 2.24) is 14.9 Å². The topological polar surface area (TPSA) is 82.2 Å². The third-order valence-electron chi connectivity index (χ3n) is 5.37. The van der Waals surface area contributed by atoms with Crippen molar-refractivity contribution in [2.75, 3.05) is 5.32 Å². The lowest BCUT2D eigenvalue weighted by molar-refractivity contribution is 0.101. The van der Waals surface area contributed by atoms with Gasteiger partial charge in [0.25, 0.3) is 5.91 Å². The summed E-state index contributed by atoms with van der Waals surface area (Å²) in [6.07, 6.45) is 0. The number of para-hydroxylation sites is 1. The summed E-state index contributed by atoms with van der Waals surface area (Å²) in [6.45, 7) is 8.52. The summed E-state index contributed by atoms with van der Waals surface area (Å²) in [7, 11) is 0. The van der Waals surface area contributed by atoms with Gasteiger partial charge in [-0.25, -0.2) is 0 Å². The molecule has 2 aromatic heterocycles. The number of benzene rings is 2. The van der Waals surface area contributed by atoms with Crippen molar-refractivity contribution in [3.63, 3.8) is 0 Å². The number of ether oxygens (including phenoxy) is 1. The van der Waals surface area contributed by atoms with Gasteiger partial charge in [0.1, 0.15) is 18.1 Å². The molecule has 0 unspecified atom stereocenters. The van der Waals surface area contributed by atoms with E-state index in [1.807, 2.05) is 80.1 Å². The normalized spacial score (nSPS) is 10.9. The maximum Gasteiger partial charge on any atom is 0.279 e. The quantitative estimate of drug-likeness (QED) is 0.447. The Morgan fingerprint density at radius 2 is 1.75 bits per heavy atom. The number of aryl methyl sites for hydroxylation is 4. The van der Waals surface area contributed by atoms with Crippen molar-refractivity contribution >= 4 is 11.7 Å². The summed E-state index contributed by atoms with van der Waals surface area (Å²) in [5.41, 5.74) is 4.96. The monoisotopic (exact) mass is 430 g/mol. The van der Waals surface area contributed by atoms with E-state index in [1.54, 1.807) is 6.92 Å². The van der Waals surface area contributed by atoms with Gasteiger partial charge >= 0.3 is 0 Å². The van der Waals surface area contributed by atoms with Crippen molar-refractivity contribution < 1.29 is 14.1 Å². The zero-order valence-electron chi connectivity index (χ0n) is 18.7. The van der Waals surface area contributed by atoms with E-state index in [2.05, 4.69) is 15.6 Å². The van der Waals surface area contributed by atoms with E-state index in [9.17, 15) is 4.79 Å². The largest absolute Gasteiger partial charge is 0.488 e. The molecule has 1 N–H and O–H groups in total. The Hall–Kier alpha value is -3.87. The number of carbonyl (C=O) groups excluding carboxylic acids is 1. The second-order valence-corrected chi connectivity index (χ2v) is 7.84. The van der Waals surface area contributed by atoms with Crippen LogP contribution in [0.3, 0.4) is 0 Å². The molecule has 4 aromatic rings. The summed E-state index contributed by atoms with van der Waals surface area (Å²) >= 11 is 0. The molecule has 0 aliphatic carbocycles. The van der Waals surface area contributed by atoms with Crippen molar-refractivity contribution in [1.29, 1.82) is 0 Å². The Morgan fingerprint density at radius 3 is 2.47 bits per heavy atom. The molecule has 164 valence electrons. The summed E-state index contributed by atoms with van der Waals surface area (Å²) in [5.74, 6) is 1.43. The molecule has 2 aromatic carbocycles. The molecule has 0 saturated carbocycles. The first-order chi connectivity index (χ1) is 15.4. The third-order valence-corrected chi connectivity index (χ3v) is 5.37. The van der Waals surface area contributed by atoms with Crippen LogP contribution in [-0.2, 0) is 13.2 Å². The number of hydrogen-bond donors (Lipinski definition) is 1. The molecular weight excluding hydrogens is 404 g/mol. The number of hydrogen-bond acceptors (Lipinski definition) is 5. The Morgan fingerprint density at radius 1 is 1.03 bits per heavy atom. The molecule has 4 rings (SSSR count). The van der Waals surface area contributed by atoms with E-state index >= 15 is 0 Å². The van der Waals surface area contributed by atoms with E-state index in [0.717, 1.165) is 28.1 Å². The predicted octanol–water partition coefficient (Wildman–Crippen LogP) is 4.98. The average Bonchev–Trinajstić information content (AvgIpc) is 3.30. The van der Waals surface area contributed by atoms with Crippen LogP contribution in [0.1, 0.15) is 44.2 Å². The minimum absolute atomic E-state index is 0.186. The highest BCUT2D eigenvalue weighted by Gasteiger charge is 2.22. The zero-order valence-corrected chi connectivity index (χ0v) is 18.7. The van der Waals surface area contributed by atoms with Gasteiger partial charge in [-0.05, 0) is 44.4 Å². The van der Waals surface area contributed by atoms with Gasteiger partial charge in [0.15, 0.2) is 11.5 Å². The fourth-order valence-corrected chi connectivity index (χ4v) is 3.57. The van der Waals surface area contributed by atoms with Crippen molar-refractivity contribution in [2.24, 2.45) is 0 Å². The van der Waals surface area contributed by atoms with Gasteiger partial charge in [-0.1, -0.05) is 53.7 Å². The molecule has 0 bridgehead atoms. The fraction of sp³-hybridized carbons (Fsp3) is 0.240. The van der Waals surface area contributed by atoms with Gasteiger partial charge in [0, 0.05) is 11.8 Å². The second-order valence-electron chi connectivity index (χ2n) is 7.84. The average molecular weight is 431 g/mol. The highest BCUT2D eigenvalue weighted by molar-refractivity contribution is 6.03. The number of amides is 1. The first kappa shape index (κ1) is 21.4. The third kappa shape index (κ3) is 4.56. The van der Waals surface area contributed by atoms with Crippen molar-refractivity contribution in [3.05, 3.63) is 94.0 Å². The number of nitrogens with one attached hydrogen (secondary N) is 1. The lowest BCUT2D eigenvalue weighted by Crippen LogP contribution is -2.16. The molecule has 32 heavy (non-hydrogen) atoms. The maximum absolute atomic E-state index is 12.9. The SMILES string of the molecule is Cc1cccc(C)c1OCc1c(C(=O)Nc2cc(C)n(Cc3ccccc3)n2)noc1C. The fourth-order valence-electron chi connectivity index (χ4n) is 3.57. The van der Waals surface area contributed by atoms with Crippen LogP contribution in [0.25, 0.3) is 0 Å². The highest BCUT2D eigenvalue weighted by atomic mass is 16.5. The summed E-state index contributed by atoms with van der Waals surface area (Å²) in [4.78, 5) is 12.9.